The molecule has 388 valence electrons. The molecule has 8 atom stereocenters. The van der Waals surface area contributed by atoms with E-state index in [0.29, 0.717) is 23.2 Å². The second kappa shape index (κ2) is 27.8. The van der Waals surface area contributed by atoms with E-state index in [1.54, 1.807) is 39.8 Å². The second-order valence-electron chi connectivity index (χ2n) is 18.1. The van der Waals surface area contributed by atoms with Gasteiger partial charge in [-0.3, -0.25) is 38.4 Å². The van der Waals surface area contributed by atoms with Gasteiger partial charge < -0.3 is 68.4 Å². The van der Waals surface area contributed by atoms with Crippen LogP contribution in [0.15, 0.2) is 61.1 Å². The molecule has 14 N–H and O–H groups in total. The Morgan fingerprint density at radius 3 is 1.35 bits per heavy atom. The standard InChI is InChI=1S/C47H66N10O13S/c1-23(2)15-31(48)40(62)51-32(16-26-7-11-29(58)12-8-26)41(63)53-34(18-28-20-49-22-50-28)43(65)52-33(17-27-9-13-30(59)14-10-27)42(64)55-36(21-71)44(66)56-39(25(5)6)46(68)57-38(24(3)4)45(67)54-35(47(69)70)19-37(60)61/h7-14,20,22-25,31-36,38-39,58-59,71H,15-19,21,48H2,1-6H3,(H,49,50)(H,51,62)(H,52,65)(H,53,63)(H,54,67)(H,55,64)(H,56,66)(H,57,68)(H,60,61)(H,69,70)/t31-,32-,33-,34-,35-,36-,38-,39-/m0/s1. The van der Waals surface area contributed by atoms with E-state index in [1.165, 1.54) is 48.9 Å². The number of aromatic hydroxyl groups is 2. The van der Waals surface area contributed by atoms with E-state index >= 15 is 0 Å². The fourth-order valence-electron chi connectivity index (χ4n) is 7.09. The van der Waals surface area contributed by atoms with Gasteiger partial charge in [0.1, 0.15) is 53.8 Å². The van der Waals surface area contributed by atoms with Gasteiger partial charge in [0.15, 0.2) is 0 Å². The number of rotatable bonds is 28. The van der Waals surface area contributed by atoms with E-state index in [0.717, 1.165) is 0 Å². The van der Waals surface area contributed by atoms with Crippen molar-refractivity contribution in [2.45, 2.75) is 122 Å². The highest BCUT2D eigenvalue weighted by Crippen LogP contribution is 2.15. The van der Waals surface area contributed by atoms with E-state index in [4.69, 9.17) is 10.8 Å². The lowest BCUT2D eigenvalue weighted by Crippen LogP contribution is -2.62. The molecule has 24 heteroatoms. The molecule has 0 radical (unpaired) electrons. The number of carboxylic acid groups (broad SMARTS) is 2. The molecule has 0 aliphatic rings. The van der Waals surface area contributed by atoms with E-state index in [-0.39, 0.29) is 42.4 Å². The molecule has 0 fully saturated rings. The Bertz CT molecular complexity index is 2300. The predicted molar refractivity (Wildman–Crippen MR) is 260 cm³/mol. The van der Waals surface area contributed by atoms with Gasteiger partial charge in [0.05, 0.1) is 18.8 Å². The summed E-state index contributed by atoms with van der Waals surface area (Å²) in [4.78, 5) is 127. The second-order valence-corrected chi connectivity index (χ2v) is 18.5. The van der Waals surface area contributed by atoms with Gasteiger partial charge in [-0.05, 0) is 59.6 Å². The largest absolute Gasteiger partial charge is 0.508 e. The van der Waals surface area contributed by atoms with Crippen LogP contribution in [0.2, 0.25) is 0 Å². The van der Waals surface area contributed by atoms with Crippen molar-refractivity contribution in [1.82, 2.24) is 47.2 Å². The predicted octanol–water partition coefficient (Wildman–Crippen LogP) is -0.583. The number of hydrogen-bond acceptors (Lipinski definition) is 14. The minimum Gasteiger partial charge on any atom is -0.508 e. The highest BCUT2D eigenvalue weighted by atomic mass is 32.1. The van der Waals surface area contributed by atoms with Crippen LogP contribution in [-0.4, -0.2) is 138 Å². The summed E-state index contributed by atoms with van der Waals surface area (Å²) in [7, 11) is 0. The van der Waals surface area contributed by atoms with Crippen LogP contribution in [0, 0.1) is 17.8 Å². The Balaban J connectivity index is 1.91. The maximum atomic E-state index is 14.4. The number of hydrogen-bond donors (Lipinski definition) is 14. The van der Waals surface area contributed by atoms with Crippen molar-refractivity contribution in [2.75, 3.05) is 5.75 Å². The average Bonchev–Trinajstić information content (AvgIpc) is 3.81. The monoisotopic (exact) mass is 1010 g/mol. The van der Waals surface area contributed by atoms with Crippen LogP contribution in [0.1, 0.15) is 71.2 Å². The Morgan fingerprint density at radius 1 is 0.563 bits per heavy atom. The molecule has 0 spiro atoms. The van der Waals surface area contributed by atoms with Gasteiger partial charge >= 0.3 is 11.9 Å². The smallest absolute Gasteiger partial charge is 0.326 e. The lowest BCUT2D eigenvalue weighted by molar-refractivity contribution is -0.147. The van der Waals surface area contributed by atoms with Crippen LogP contribution in [0.3, 0.4) is 0 Å². The number of imidazole rings is 1. The number of amides is 7. The number of thiol groups is 1. The van der Waals surface area contributed by atoms with Crippen LogP contribution in [0.4, 0.5) is 0 Å². The minimum atomic E-state index is -1.80. The van der Waals surface area contributed by atoms with Gasteiger partial charge in [-0.25, -0.2) is 9.78 Å². The molecule has 0 saturated heterocycles. The zero-order chi connectivity index (χ0) is 53.1. The number of phenolic OH excluding ortho intramolecular Hbond substituents is 2. The third kappa shape index (κ3) is 19.2. The quantitative estimate of drug-likeness (QED) is 0.0405. The molecule has 71 heavy (non-hydrogen) atoms. The maximum Gasteiger partial charge on any atom is 0.326 e. The first-order valence-electron chi connectivity index (χ1n) is 22.9. The number of phenols is 2. The number of H-pyrrole nitrogens is 1. The first-order valence-corrected chi connectivity index (χ1v) is 23.5. The number of carbonyl (C=O) groups is 9. The molecule has 3 rings (SSSR count). The molecule has 0 aliphatic carbocycles. The van der Waals surface area contributed by atoms with Crippen LogP contribution in [0.5, 0.6) is 11.5 Å². The van der Waals surface area contributed by atoms with Crippen LogP contribution < -0.4 is 43.0 Å². The number of nitrogens with zero attached hydrogens (tertiary/aromatic N) is 1. The number of carbonyl (C=O) groups excluding carboxylic acids is 7. The van der Waals surface area contributed by atoms with Crippen molar-refractivity contribution in [3.8, 4) is 11.5 Å². The van der Waals surface area contributed by atoms with Crippen LogP contribution in [-0.2, 0) is 62.4 Å². The van der Waals surface area contributed by atoms with Gasteiger partial charge in [0.2, 0.25) is 41.4 Å². The summed E-state index contributed by atoms with van der Waals surface area (Å²) in [6.07, 6.45) is 1.70. The third-order valence-corrected chi connectivity index (χ3v) is 11.4. The molecule has 0 aliphatic heterocycles. The number of nitrogens with two attached hydrogens (primary N) is 1. The number of carboxylic acids is 2. The molecule has 1 heterocycles. The van der Waals surface area contributed by atoms with Gasteiger partial charge in [-0.2, -0.15) is 12.6 Å². The summed E-state index contributed by atoms with van der Waals surface area (Å²) in [5, 5.41) is 56.2. The lowest BCUT2D eigenvalue weighted by Gasteiger charge is -2.29. The van der Waals surface area contributed by atoms with Gasteiger partial charge in [-0.15, -0.1) is 0 Å². The summed E-state index contributed by atoms with van der Waals surface area (Å²) in [5.74, 6) is -10.7. The van der Waals surface area contributed by atoms with Gasteiger partial charge in [0, 0.05) is 36.9 Å². The fourth-order valence-corrected chi connectivity index (χ4v) is 7.34. The molecule has 0 saturated carbocycles. The number of aliphatic carboxylic acids is 2. The zero-order valence-corrected chi connectivity index (χ0v) is 41.2. The maximum absolute atomic E-state index is 14.4. The Kier molecular flexibility index (Phi) is 22.8. The highest BCUT2D eigenvalue weighted by Gasteiger charge is 2.36. The van der Waals surface area contributed by atoms with E-state index in [9.17, 15) is 58.5 Å². The molecular weight excluding hydrogens is 945 g/mol. The third-order valence-electron chi connectivity index (χ3n) is 11.0. The molecule has 0 unspecified atom stereocenters. The number of aromatic nitrogens is 2. The lowest BCUT2D eigenvalue weighted by atomic mass is 9.99. The molecule has 1 aromatic heterocycles. The first kappa shape index (κ1) is 58.1. The molecular formula is C47H66N10O13S. The summed E-state index contributed by atoms with van der Waals surface area (Å²) < 4.78 is 0. The van der Waals surface area contributed by atoms with Crippen molar-refractivity contribution >= 4 is 65.9 Å². The van der Waals surface area contributed by atoms with Crippen molar-refractivity contribution in [3.63, 3.8) is 0 Å². The van der Waals surface area contributed by atoms with E-state index < -0.39 is 120 Å². The van der Waals surface area contributed by atoms with Gasteiger partial charge in [-0.1, -0.05) is 65.8 Å². The molecule has 0 bridgehead atoms. The normalized spacial score (nSPS) is 14.6. The van der Waals surface area contributed by atoms with Crippen molar-refractivity contribution in [2.24, 2.45) is 23.5 Å². The number of benzene rings is 2. The molecule has 7 amide bonds. The minimum absolute atomic E-state index is 0.0283. The van der Waals surface area contributed by atoms with Crippen molar-refractivity contribution < 1.29 is 63.6 Å². The average molecular weight is 1010 g/mol. The molecule has 23 nitrogen and oxygen atoms in total. The van der Waals surface area contributed by atoms with Gasteiger partial charge in [0.25, 0.3) is 0 Å². The summed E-state index contributed by atoms with van der Waals surface area (Å²) in [6, 6.07) is 0.606. The summed E-state index contributed by atoms with van der Waals surface area (Å²) in [6.45, 7) is 10.0. The van der Waals surface area contributed by atoms with Crippen LogP contribution in [0.25, 0.3) is 0 Å². The van der Waals surface area contributed by atoms with E-state index in [2.05, 4.69) is 59.8 Å². The summed E-state index contributed by atoms with van der Waals surface area (Å²) >= 11 is 4.28. The fraction of sp³-hybridized carbons (Fsp3) is 0.489. The van der Waals surface area contributed by atoms with Crippen molar-refractivity contribution in [3.05, 3.63) is 77.9 Å². The van der Waals surface area contributed by atoms with Crippen LogP contribution >= 0.6 is 12.6 Å². The topological polar surface area (TPSA) is 373 Å². The SMILES string of the molecule is CC(C)C[C@H](N)C(=O)N[C@@H](Cc1ccc(O)cc1)C(=O)N[C@@H](Cc1cnc[nH]1)C(=O)N[C@@H](Cc1ccc(O)cc1)C(=O)N[C@@H](CS)C(=O)N[C@H](C(=O)N[C@H](C(=O)N[C@@H](CC(=O)O)C(=O)O)C(C)C)C(C)C. The molecule has 3 aromatic rings. The summed E-state index contributed by atoms with van der Waals surface area (Å²) in [5.41, 5.74) is 7.57. The number of aromatic amines is 1. The Labute approximate surface area is 416 Å². The first-order chi connectivity index (χ1) is 33.4. The number of nitrogens with one attached hydrogen (secondary N) is 8. The Hall–Kier alpha value is -7.21. The Morgan fingerprint density at radius 2 is 0.958 bits per heavy atom. The molecule has 2 aromatic carbocycles. The van der Waals surface area contributed by atoms with E-state index in [1.807, 2.05) is 13.8 Å². The zero-order valence-electron chi connectivity index (χ0n) is 40.3. The van der Waals surface area contributed by atoms with Crippen molar-refractivity contribution in [1.29, 1.82) is 0 Å². The highest BCUT2D eigenvalue weighted by molar-refractivity contribution is 7.80.